The summed E-state index contributed by atoms with van der Waals surface area (Å²) in [5.41, 5.74) is 3.03. The van der Waals surface area contributed by atoms with Crippen LogP contribution in [0.1, 0.15) is 40.4 Å². The van der Waals surface area contributed by atoms with Gasteiger partial charge in [-0.3, -0.25) is 9.59 Å². The second-order valence-electron chi connectivity index (χ2n) is 9.58. The molecule has 40 heavy (non-hydrogen) atoms. The van der Waals surface area contributed by atoms with Gasteiger partial charge in [-0.25, -0.2) is 8.78 Å². The average molecular weight is 544 g/mol. The highest BCUT2D eigenvalue weighted by molar-refractivity contribution is 5.94. The Morgan fingerprint density at radius 1 is 0.850 bits per heavy atom. The van der Waals surface area contributed by atoms with Gasteiger partial charge in [-0.1, -0.05) is 67.6 Å². The summed E-state index contributed by atoms with van der Waals surface area (Å²) in [6.07, 6.45) is 1.54. The predicted octanol–water partition coefficient (Wildman–Crippen LogP) is 6.84. The Bertz CT molecular complexity index is 1440. The number of rotatable bonds is 12. The fraction of sp³-hybridized carbons (Fsp3) is 0.212. The quantitative estimate of drug-likeness (QED) is 0.205. The van der Waals surface area contributed by atoms with E-state index < -0.39 is 23.5 Å². The number of hydrogen-bond donors (Lipinski definition) is 2. The number of carbonyl (C=O) groups excluding carboxylic acids is 1. The van der Waals surface area contributed by atoms with Crippen LogP contribution in [0.5, 0.6) is 5.75 Å². The van der Waals surface area contributed by atoms with Crippen LogP contribution in [0.15, 0.2) is 91.0 Å². The molecule has 0 aliphatic rings. The zero-order valence-electron chi connectivity index (χ0n) is 22.2. The Morgan fingerprint density at radius 2 is 1.52 bits per heavy atom. The first-order chi connectivity index (χ1) is 19.4. The van der Waals surface area contributed by atoms with Gasteiger partial charge in [0.2, 0.25) is 0 Å². The predicted molar refractivity (Wildman–Crippen MR) is 150 cm³/mol. The third-order valence-electron chi connectivity index (χ3n) is 6.58. The van der Waals surface area contributed by atoms with Crippen molar-refractivity contribution in [2.45, 2.75) is 32.7 Å². The molecular formula is C33H31F2NO4. The monoisotopic (exact) mass is 543 g/mol. The Hall–Kier alpha value is -4.52. The standard InChI is InChI=1S/C33H31F2NO4/c1-2-17-40-30-16-11-23(19-26(33(38)39)18-22-7-4-3-5-8-22)20-27(30)21-36-32(37)25-14-12-24(13-15-25)31-28(34)9-6-10-29(31)35/h3-16,20,26H,2,17-19,21H2,1H3,(H,36,37)(H,38,39)/t26-/m1/s1. The van der Waals surface area contributed by atoms with E-state index in [-0.39, 0.29) is 18.0 Å². The Morgan fingerprint density at radius 3 is 2.17 bits per heavy atom. The van der Waals surface area contributed by atoms with Crippen LogP contribution in [-0.2, 0) is 24.2 Å². The third kappa shape index (κ3) is 7.32. The molecule has 0 aliphatic carbocycles. The number of amides is 1. The average Bonchev–Trinajstić information content (AvgIpc) is 2.95. The Labute approximate surface area is 232 Å². The van der Waals surface area contributed by atoms with Crippen LogP contribution in [-0.4, -0.2) is 23.6 Å². The van der Waals surface area contributed by atoms with E-state index in [4.69, 9.17) is 4.74 Å². The lowest BCUT2D eigenvalue weighted by molar-refractivity contribution is -0.141. The van der Waals surface area contributed by atoms with Crippen LogP contribution in [0.4, 0.5) is 8.78 Å². The van der Waals surface area contributed by atoms with Crippen molar-refractivity contribution in [3.05, 3.63) is 125 Å². The first-order valence-electron chi connectivity index (χ1n) is 13.2. The number of hydrogen-bond acceptors (Lipinski definition) is 3. The summed E-state index contributed by atoms with van der Waals surface area (Å²) in [6.45, 7) is 2.65. The van der Waals surface area contributed by atoms with Crippen LogP contribution in [0.2, 0.25) is 0 Å². The molecule has 5 nitrogen and oxygen atoms in total. The molecule has 0 aliphatic heterocycles. The number of carboxylic acid groups (broad SMARTS) is 1. The van der Waals surface area contributed by atoms with E-state index in [9.17, 15) is 23.5 Å². The summed E-state index contributed by atoms with van der Waals surface area (Å²) in [5, 5.41) is 12.7. The van der Waals surface area contributed by atoms with Crippen molar-refractivity contribution < 1.29 is 28.2 Å². The van der Waals surface area contributed by atoms with Gasteiger partial charge in [-0.2, -0.15) is 0 Å². The van der Waals surface area contributed by atoms with Gasteiger partial charge in [0, 0.05) is 17.7 Å². The zero-order chi connectivity index (χ0) is 28.5. The molecular weight excluding hydrogens is 512 g/mol. The minimum Gasteiger partial charge on any atom is -0.493 e. The van der Waals surface area contributed by atoms with Crippen molar-refractivity contribution in [3.8, 4) is 16.9 Å². The summed E-state index contributed by atoms with van der Waals surface area (Å²) >= 11 is 0. The number of halogens is 2. The second-order valence-corrected chi connectivity index (χ2v) is 9.58. The number of nitrogens with one attached hydrogen (secondary N) is 1. The van der Waals surface area contributed by atoms with Crippen molar-refractivity contribution in [2.75, 3.05) is 6.61 Å². The maximum atomic E-state index is 14.1. The van der Waals surface area contributed by atoms with E-state index in [0.717, 1.165) is 23.1 Å². The first kappa shape index (κ1) is 28.5. The molecule has 1 amide bonds. The van der Waals surface area contributed by atoms with Crippen molar-refractivity contribution in [2.24, 2.45) is 5.92 Å². The molecule has 0 fully saturated rings. The van der Waals surface area contributed by atoms with Gasteiger partial charge in [-0.15, -0.1) is 0 Å². The highest BCUT2D eigenvalue weighted by atomic mass is 19.1. The van der Waals surface area contributed by atoms with E-state index in [2.05, 4.69) is 5.32 Å². The van der Waals surface area contributed by atoms with Gasteiger partial charge >= 0.3 is 5.97 Å². The second kappa shape index (κ2) is 13.5. The number of carboxylic acids is 1. The van der Waals surface area contributed by atoms with Crippen molar-refractivity contribution in [1.82, 2.24) is 5.32 Å². The smallest absolute Gasteiger partial charge is 0.307 e. The van der Waals surface area contributed by atoms with E-state index in [0.29, 0.717) is 36.3 Å². The molecule has 0 bridgehead atoms. The Kier molecular flexibility index (Phi) is 9.62. The molecule has 0 spiro atoms. The van der Waals surface area contributed by atoms with Crippen molar-refractivity contribution >= 4 is 11.9 Å². The maximum absolute atomic E-state index is 14.1. The van der Waals surface area contributed by atoms with E-state index in [1.807, 2.05) is 55.5 Å². The highest BCUT2D eigenvalue weighted by Crippen LogP contribution is 2.27. The molecule has 0 radical (unpaired) electrons. The van der Waals surface area contributed by atoms with E-state index >= 15 is 0 Å². The van der Waals surface area contributed by atoms with Gasteiger partial charge in [0.05, 0.1) is 18.1 Å². The minimum atomic E-state index is -0.872. The summed E-state index contributed by atoms with van der Waals surface area (Å²) in [7, 11) is 0. The molecule has 0 saturated heterocycles. The molecule has 0 unspecified atom stereocenters. The number of benzene rings is 4. The third-order valence-corrected chi connectivity index (χ3v) is 6.58. The van der Waals surface area contributed by atoms with Crippen molar-refractivity contribution in [3.63, 3.8) is 0 Å². The fourth-order valence-corrected chi connectivity index (χ4v) is 4.52. The van der Waals surface area contributed by atoms with Crippen LogP contribution in [0, 0.1) is 17.6 Å². The Balaban J connectivity index is 1.48. The normalized spacial score (nSPS) is 11.6. The van der Waals surface area contributed by atoms with Crippen LogP contribution in [0.25, 0.3) is 11.1 Å². The van der Waals surface area contributed by atoms with Gasteiger partial charge in [0.1, 0.15) is 17.4 Å². The first-order valence-corrected chi connectivity index (χ1v) is 13.2. The number of ether oxygens (including phenoxy) is 1. The largest absolute Gasteiger partial charge is 0.493 e. The van der Waals surface area contributed by atoms with Crippen LogP contribution < -0.4 is 10.1 Å². The molecule has 206 valence electrons. The lowest BCUT2D eigenvalue weighted by Gasteiger charge is -2.16. The maximum Gasteiger partial charge on any atom is 0.307 e. The summed E-state index contributed by atoms with van der Waals surface area (Å²) < 4.78 is 34.1. The fourth-order valence-electron chi connectivity index (χ4n) is 4.52. The lowest BCUT2D eigenvalue weighted by atomic mass is 9.92. The molecule has 1 atom stereocenters. The molecule has 4 aromatic rings. The molecule has 4 rings (SSSR count). The van der Waals surface area contributed by atoms with Crippen molar-refractivity contribution in [1.29, 1.82) is 0 Å². The molecule has 0 saturated carbocycles. The minimum absolute atomic E-state index is 0.143. The topological polar surface area (TPSA) is 75.6 Å². The van der Waals surface area contributed by atoms with E-state index in [1.165, 1.54) is 42.5 Å². The summed E-state index contributed by atoms with van der Waals surface area (Å²) in [6, 6.07) is 24.8. The van der Waals surface area contributed by atoms with Gasteiger partial charge in [-0.05, 0) is 66.3 Å². The van der Waals surface area contributed by atoms with Gasteiger partial charge < -0.3 is 15.2 Å². The van der Waals surface area contributed by atoms with Crippen LogP contribution >= 0.6 is 0 Å². The van der Waals surface area contributed by atoms with Gasteiger partial charge in [0.15, 0.2) is 0 Å². The van der Waals surface area contributed by atoms with Gasteiger partial charge in [0.25, 0.3) is 5.91 Å². The zero-order valence-corrected chi connectivity index (χ0v) is 22.2. The molecule has 2 N–H and O–H groups in total. The summed E-state index contributed by atoms with van der Waals surface area (Å²) in [4.78, 5) is 24.9. The highest BCUT2D eigenvalue weighted by Gasteiger charge is 2.20. The molecule has 4 aromatic carbocycles. The molecule has 7 heteroatoms. The van der Waals surface area contributed by atoms with E-state index in [1.54, 1.807) is 0 Å². The lowest BCUT2D eigenvalue weighted by Crippen LogP contribution is -2.23. The number of aliphatic carboxylic acids is 1. The molecule has 0 aromatic heterocycles. The molecule has 0 heterocycles. The SMILES string of the molecule is CCCOc1ccc(C[C@@H](Cc2ccccc2)C(=O)O)cc1CNC(=O)c1ccc(-c2c(F)cccc2F)cc1. The number of carbonyl (C=O) groups is 2. The van der Waals surface area contributed by atoms with Crippen LogP contribution in [0.3, 0.4) is 0 Å². The summed E-state index contributed by atoms with van der Waals surface area (Å²) in [5.74, 6) is -2.57.